The van der Waals surface area contributed by atoms with E-state index in [2.05, 4.69) is 0 Å². The summed E-state index contributed by atoms with van der Waals surface area (Å²) < 4.78 is 0. The van der Waals surface area contributed by atoms with E-state index in [9.17, 15) is 9.90 Å². The summed E-state index contributed by atoms with van der Waals surface area (Å²) in [4.78, 5) is 13.5. The van der Waals surface area contributed by atoms with Gasteiger partial charge in [0.05, 0.1) is 11.4 Å². The second kappa shape index (κ2) is 4.70. The number of aromatic hydroxyl groups is 1. The highest BCUT2D eigenvalue weighted by molar-refractivity contribution is 5.67. The fourth-order valence-corrected chi connectivity index (χ4v) is 1.68. The van der Waals surface area contributed by atoms with E-state index in [0.29, 0.717) is 11.4 Å². The monoisotopic (exact) mass is 227 g/mol. The summed E-state index contributed by atoms with van der Waals surface area (Å²) >= 11 is 0. The van der Waals surface area contributed by atoms with Gasteiger partial charge in [0, 0.05) is 7.05 Å². The first-order chi connectivity index (χ1) is 8.20. The molecule has 0 aliphatic carbocycles. The van der Waals surface area contributed by atoms with Gasteiger partial charge in [-0.2, -0.15) is 0 Å². The Morgan fingerprint density at radius 2 is 1.47 bits per heavy atom. The zero-order chi connectivity index (χ0) is 12.3. The van der Waals surface area contributed by atoms with Crippen LogP contribution in [0.15, 0.2) is 59.4 Å². The minimum Gasteiger partial charge on any atom is -0.506 e. The van der Waals surface area contributed by atoms with Gasteiger partial charge in [-0.1, -0.05) is 30.3 Å². The molecule has 2 aromatic rings. The molecule has 0 saturated heterocycles. The van der Waals surface area contributed by atoms with Crippen molar-refractivity contribution in [1.82, 2.24) is 0 Å². The Morgan fingerprint density at radius 3 is 2.24 bits per heavy atom. The quantitative estimate of drug-likeness (QED) is 0.857. The molecule has 0 spiro atoms. The van der Waals surface area contributed by atoms with Crippen LogP contribution < -0.4 is 10.3 Å². The number of nitrogens with zero attached hydrogens (tertiary/aromatic N) is 1. The molecule has 0 aliphatic rings. The zero-order valence-corrected chi connectivity index (χ0v) is 9.50. The Balaban J connectivity index is 2.53. The van der Waals surface area contributed by atoms with Crippen molar-refractivity contribution < 1.29 is 5.11 Å². The summed E-state index contributed by atoms with van der Waals surface area (Å²) in [5.41, 5.74) is 1.05. The lowest BCUT2D eigenvalue weighted by atomic mass is 10.2. The van der Waals surface area contributed by atoms with Gasteiger partial charge in [0.1, 0.15) is 5.75 Å². The van der Waals surface area contributed by atoms with Crippen molar-refractivity contribution >= 4 is 11.4 Å². The van der Waals surface area contributed by atoms with Gasteiger partial charge >= 0.3 is 0 Å². The minimum atomic E-state index is -0.0826. The lowest BCUT2D eigenvalue weighted by Crippen LogP contribution is -2.16. The van der Waals surface area contributed by atoms with E-state index in [4.69, 9.17) is 0 Å². The van der Waals surface area contributed by atoms with Gasteiger partial charge < -0.3 is 10.0 Å². The Bertz CT molecular complexity index is 581. The minimum absolute atomic E-state index is 0.0826. The summed E-state index contributed by atoms with van der Waals surface area (Å²) in [5.74, 6) is 0.154. The number of para-hydroxylation sites is 2. The van der Waals surface area contributed by atoms with Crippen LogP contribution in [-0.2, 0) is 0 Å². The fraction of sp³-hybridized carbons (Fsp3) is 0.0714. The van der Waals surface area contributed by atoms with Crippen molar-refractivity contribution in [3.63, 3.8) is 0 Å². The lowest BCUT2D eigenvalue weighted by Gasteiger charge is -2.18. The van der Waals surface area contributed by atoms with Gasteiger partial charge in [-0.25, -0.2) is 0 Å². The van der Waals surface area contributed by atoms with Crippen LogP contribution in [0.2, 0.25) is 0 Å². The molecule has 0 amide bonds. The van der Waals surface area contributed by atoms with Crippen molar-refractivity contribution in [3.8, 4) is 5.75 Å². The molecule has 0 saturated carbocycles. The second-order valence-corrected chi connectivity index (χ2v) is 3.71. The zero-order valence-electron chi connectivity index (χ0n) is 9.50. The third kappa shape index (κ3) is 2.28. The molecule has 1 N–H and O–H groups in total. The van der Waals surface area contributed by atoms with E-state index in [0.717, 1.165) is 0 Å². The van der Waals surface area contributed by atoms with E-state index in [1.165, 1.54) is 6.07 Å². The molecule has 0 unspecified atom stereocenters. The Kier molecular flexibility index (Phi) is 3.10. The number of anilines is 2. The molecule has 0 bridgehead atoms. The number of hydrogen-bond acceptors (Lipinski definition) is 3. The molecular weight excluding hydrogens is 214 g/mol. The first-order valence-electron chi connectivity index (χ1n) is 5.31. The fourth-order valence-electron chi connectivity index (χ4n) is 1.68. The van der Waals surface area contributed by atoms with Crippen molar-refractivity contribution in [1.29, 1.82) is 0 Å². The Hall–Kier alpha value is -2.29. The molecule has 3 heteroatoms. The average molecular weight is 227 g/mol. The van der Waals surface area contributed by atoms with Crippen molar-refractivity contribution in [2.45, 2.75) is 0 Å². The standard InChI is InChI=1S/C14H13NO2/c1-15(12-8-5-6-10-14(12)17)11-7-3-2-4-9-13(11)16/h2-10,17H,1H3. The van der Waals surface area contributed by atoms with Crippen molar-refractivity contribution in [3.05, 3.63) is 64.8 Å². The van der Waals surface area contributed by atoms with Gasteiger partial charge in [-0.3, -0.25) is 4.79 Å². The van der Waals surface area contributed by atoms with E-state index < -0.39 is 0 Å². The summed E-state index contributed by atoms with van der Waals surface area (Å²) in [7, 11) is 1.76. The molecule has 0 fully saturated rings. The Morgan fingerprint density at radius 1 is 0.882 bits per heavy atom. The highest BCUT2D eigenvalue weighted by atomic mass is 16.3. The van der Waals surface area contributed by atoms with Crippen LogP contribution in [0.1, 0.15) is 0 Å². The molecular formula is C14H13NO2. The van der Waals surface area contributed by atoms with E-state index in [1.54, 1.807) is 54.4 Å². The van der Waals surface area contributed by atoms with Crippen LogP contribution in [0, 0.1) is 0 Å². The molecule has 2 rings (SSSR count). The average Bonchev–Trinajstić information content (AvgIpc) is 2.54. The summed E-state index contributed by atoms with van der Waals surface area (Å²) in [6.07, 6.45) is 0. The van der Waals surface area contributed by atoms with E-state index >= 15 is 0 Å². The van der Waals surface area contributed by atoms with Gasteiger partial charge in [0.25, 0.3) is 0 Å². The van der Waals surface area contributed by atoms with Crippen LogP contribution in [0.3, 0.4) is 0 Å². The number of hydrogen-bond donors (Lipinski definition) is 1. The maximum Gasteiger partial charge on any atom is 0.202 e. The maximum atomic E-state index is 11.8. The molecule has 0 heterocycles. The smallest absolute Gasteiger partial charge is 0.202 e. The molecule has 0 radical (unpaired) electrons. The third-order valence-electron chi connectivity index (χ3n) is 2.58. The lowest BCUT2D eigenvalue weighted by molar-refractivity contribution is 0.476. The molecule has 0 aromatic heterocycles. The highest BCUT2D eigenvalue weighted by Crippen LogP contribution is 2.29. The van der Waals surface area contributed by atoms with E-state index in [1.807, 2.05) is 6.07 Å². The van der Waals surface area contributed by atoms with Gasteiger partial charge in [0.2, 0.25) is 5.43 Å². The third-order valence-corrected chi connectivity index (χ3v) is 2.58. The van der Waals surface area contributed by atoms with Gasteiger partial charge in [0.15, 0.2) is 0 Å². The van der Waals surface area contributed by atoms with Gasteiger partial charge in [-0.05, 0) is 24.3 Å². The summed E-state index contributed by atoms with van der Waals surface area (Å²) in [6.45, 7) is 0. The highest BCUT2D eigenvalue weighted by Gasteiger charge is 2.09. The predicted octanol–water partition coefficient (Wildman–Crippen LogP) is 2.52. The summed E-state index contributed by atoms with van der Waals surface area (Å²) in [5, 5.41) is 9.75. The largest absolute Gasteiger partial charge is 0.506 e. The van der Waals surface area contributed by atoms with Crippen molar-refractivity contribution in [2.75, 3.05) is 11.9 Å². The van der Waals surface area contributed by atoms with E-state index in [-0.39, 0.29) is 11.2 Å². The first-order valence-corrected chi connectivity index (χ1v) is 5.31. The van der Waals surface area contributed by atoms with Crippen LogP contribution in [0.4, 0.5) is 11.4 Å². The van der Waals surface area contributed by atoms with Crippen LogP contribution in [0.25, 0.3) is 0 Å². The van der Waals surface area contributed by atoms with Gasteiger partial charge in [-0.15, -0.1) is 0 Å². The molecule has 3 nitrogen and oxygen atoms in total. The molecule has 86 valence electrons. The number of phenols is 1. The summed E-state index contributed by atoms with van der Waals surface area (Å²) in [6, 6.07) is 15.5. The topological polar surface area (TPSA) is 40.5 Å². The normalized spacial score (nSPS) is 9.94. The van der Waals surface area contributed by atoms with Crippen LogP contribution >= 0.6 is 0 Å². The van der Waals surface area contributed by atoms with Crippen molar-refractivity contribution in [2.24, 2.45) is 0 Å². The molecule has 0 atom stereocenters. The molecule has 2 aromatic carbocycles. The molecule has 17 heavy (non-hydrogen) atoms. The number of benzene rings is 1. The SMILES string of the molecule is CN(c1ccccc1O)c1cccccc1=O. The van der Waals surface area contributed by atoms with Crippen LogP contribution in [-0.4, -0.2) is 12.2 Å². The predicted molar refractivity (Wildman–Crippen MR) is 68.9 cm³/mol. The number of rotatable bonds is 2. The van der Waals surface area contributed by atoms with Crippen LogP contribution in [0.5, 0.6) is 5.75 Å². The second-order valence-electron chi connectivity index (χ2n) is 3.71. The Labute approximate surface area is 99.6 Å². The number of phenolic OH excluding ortho intramolecular Hbond substituents is 1. The maximum absolute atomic E-state index is 11.8. The molecule has 0 aliphatic heterocycles. The first kappa shape index (κ1) is 11.2.